The summed E-state index contributed by atoms with van der Waals surface area (Å²) in [7, 11) is 2.17. The number of likely N-dealkylation sites (tertiary alicyclic amines) is 2. The first-order valence-corrected chi connectivity index (χ1v) is 9.76. The molecule has 0 aromatic rings. The van der Waals surface area contributed by atoms with Crippen LogP contribution in [0.3, 0.4) is 0 Å². The lowest BCUT2D eigenvalue weighted by Crippen LogP contribution is -2.46. The van der Waals surface area contributed by atoms with Crippen LogP contribution in [0.15, 0.2) is 0 Å². The van der Waals surface area contributed by atoms with Crippen LogP contribution in [0.4, 0.5) is 0 Å². The summed E-state index contributed by atoms with van der Waals surface area (Å²) in [5.41, 5.74) is 0.271. The van der Waals surface area contributed by atoms with Crippen molar-refractivity contribution in [1.29, 1.82) is 0 Å². The minimum absolute atomic E-state index is 0.248. The lowest BCUT2D eigenvalue weighted by atomic mass is 9.88. The fraction of sp³-hybridized carbons (Fsp3) is 0.947. The molecule has 0 aromatic carbocycles. The number of hydrogen-bond donors (Lipinski definition) is 1. The van der Waals surface area contributed by atoms with E-state index in [1.165, 1.54) is 38.5 Å². The molecule has 2 heterocycles. The summed E-state index contributed by atoms with van der Waals surface area (Å²) >= 11 is 0. The quantitative estimate of drug-likeness (QED) is 0.864. The lowest BCUT2D eigenvalue weighted by Gasteiger charge is -2.39. The van der Waals surface area contributed by atoms with Crippen LogP contribution < -0.4 is 5.32 Å². The van der Waals surface area contributed by atoms with Crippen LogP contribution in [0.2, 0.25) is 0 Å². The predicted molar refractivity (Wildman–Crippen MR) is 94.4 cm³/mol. The van der Waals surface area contributed by atoms with Crippen LogP contribution in [0.5, 0.6) is 0 Å². The van der Waals surface area contributed by atoms with E-state index >= 15 is 0 Å². The van der Waals surface area contributed by atoms with Crippen molar-refractivity contribution in [3.05, 3.63) is 0 Å². The molecule has 0 spiro atoms. The summed E-state index contributed by atoms with van der Waals surface area (Å²) in [6, 6.07) is 0.806. The maximum atomic E-state index is 12.5. The van der Waals surface area contributed by atoms with Crippen LogP contribution in [0.1, 0.15) is 58.3 Å². The van der Waals surface area contributed by atoms with Gasteiger partial charge in [-0.15, -0.1) is 0 Å². The van der Waals surface area contributed by atoms with Crippen LogP contribution in [-0.2, 0) is 4.79 Å². The lowest BCUT2D eigenvalue weighted by molar-refractivity contribution is -0.127. The van der Waals surface area contributed by atoms with Crippen molar-refractivity contribution in [3.63, 3.8) is 0 Å². The zero-order chi connectivity index (χ0) is 16.3. The van der Waals surface area contributed by atoms with Gasteiger partial charge in [-0.1, -0.05) is 26.2 Å². The molecule has 1 N–H and O–H groups in total. The number of hydrogen-bond acceptors (Lipinski definition) is 3. The van der Waals surface area contributed by atoms with Crippen molar-refractivity contribution >= 4 is 5.91 Å². The third-order valence-electron chi connectivity index (χ3n) is 6.43. The number of amides is 1. The van der Waals surface area contributed by atoms with E-state index in [0.29, 0.717) is 5.91 Å². The Kier molecular flexibility index (Phi) is 5.63. The monoisotopic (exact) mass is 321 g/mol. The van der Waals surface area contributed by atoms with Crippen LogP contribution in [0, 0.1) is 11.3 Å². The molecule has 3 rings (SSSR count). The maximum Gasteiger partial charge on any atom is 0.223 e. The summed E-state index contributed by atoms with van der Waals surface area (Å²) < 4.78 is 0. The summed E-state index contributed by atoms with van der Waals surface area (Å²) in [6.07, 6.45) is 10.3. The third-order valence-corrected chi connectivity index (χ3v) is 6.43. The fourth-order valence-electron chi connectivity index (χ4n) is 4.83. The minimum Gasteiger partial charge on any atom is -0.355 e. The number of rotatable bonds is 4. The van der Waals surface area contributed by atoms with Gasteiger partial charge in [0.2, 0.25) is 5.91 Å². The van der Waals surface area contributed by atoms with Gasteiger partial charge < -0.3 is 15.1 Å². The second kappa shape index (κ2) is 7.52. The molecule has 3 fully saturated rings. The average molecular weight is 322 g/mol. The Balaban J connectivity index is 1.39. The van der Waals surface area contributed by atoms with Crippen molar-refractivity contribution in [2.24, 2.45) is 11.3 Å². The Bertz CT molecular complexity index is 399. The minimum atomic E-state index is 0.248. The molecule has 23 heavy (non-hydrogen) atoms. The van der Waals surface area contributed by atoms with Gasteiger partial charge in [0, 0.05) is 25.0 Å². The Labute approximate surface area is 142 Å². The van der Waals surface area contributed by atoms with E-state index in [2.05, 4.69) is 29.1 Å². The summed E-state index contributed by atoms with van der Waals surface area (Å²) in [6.45, 7) is 7.67. The first kappa shape index (κ1) is 17.2. The molecule has 2 aliphatic heterocycles. The number of nitrogens with zero attached hydrogens (tertiary/aromatic N) is 2. The summed E-state index contributed by atoms with van der Waals surface area (Å²) in [5.74, 6) is 0.557. The molecular weight excluding hydrogens is 286 g/mol. The average Bonchev–Trinajstić information content (AvgIpc) is 2.93. The van der Waals surface area contributed by atoms with Gasteiger partial charge in [0.15, 0.2) is 0 Å². The normalized spacial score (nSPS) is 32.3. The highest BCUT2D eigenvalue weighted by atomic mass is 16.1. The summed E-state index contributed by atoms with van der Waals surface area (Å²) in [5, 5.41) is 3.27. The molecule has 132 valence electrons. The zero-order valence-electron chi connectivity index (χ0n) is 15.1. The van der Waals surface area contributed by atoms with Crippen molar-refractivity contribution in [3.8, 4) is 0 Å². The number of carbonyl (C=O) groups excluding carboxylic acids is 1. The van der Waals surface area contributed by atoms with Gasteiger partial charge in [-0.25, -0.2) is 0 Å². The molecule has 0 radical (unpaired) electrons. The maximum absolute atomic E-state index is 12.5. The molecular formula is C19H35N3O. The summed E-state index contributed by atoms with van der Waals surface area (Å²) in [4.78, 5) is 17.6. The Hall–Kier alpha value is -0.610. The molecule has 3 aliphatic rings. The standard InChI is InChI=1S/C19H35N3O/c1-19(10-13-21(2)15-19)14-20-18(23)16-8-11-22(12-9-16)17-6-4-3-5-7-17/h16-17H,3-15H2,1-2H3,(H,20,23)/t19-/m0/s1. The highest BCUT2D eigenvalue weighted by Crippen LogP contribution is 2.29. The first-order chi connectivity index (χ1) is 11.1. The molecule has 1 atom stereocenters. The molecule has 0 aromatic heterocycles. The van der Waals surface area contributed by atoms with Crippen LogP contribution in [-0.4, -0.2) is 61.5 Å². The van der Waals surface area contributed by atoms with Gasteiger partial charge in [0.1, 0.15) is 0 Å². The Morgan fingerprint density at radius 3 is 2.39 bits per heavy atom. The number of nitrogens with one attached hydrogen (secondary N) is 1. The van der Waals surface area contributed by atoms with Crippen LogP contribution >= 0.6 is 0 Å². The smallest absolute Gasteiger partial charge is 0.223 e. The predicted octanol–water partition coefficient (Wildman–Crippen LogP) is 2.49. The van der Waals surface area contributed by atoms with Gasteiger partial charge in [0.25, 0.3) is 0 Å². The highest BCUT2D eigenvalue weighted by molar-refractivity contribution is 5.78. The third kappa shape index (κ3) is 4.48. The van der Waals surface area contributed by atoms with E-state index in [-0.39, 0.29) is 11.3 Å². The topological polar surface area (TPSA) is 35.6 Å². The second-order valence-corrected chi connectivity index (χ2v) is 8.62. The van der Waals surface area contributed by atoms with Crippen molar-refractivity contribution < 1.29 is 4.79 Å². The molecule has 4 nitrogen and oxygen atoms in total. The van der Waals surface area contributed by atoms with Crippen molar-refractivity contribution in [1.82, 2.24) is 15.1 Å². The van der Waals surface area contributed by atoms with Crippen molar-refractivity contribution in [2.45, 2.75) is 64.3 Å². The van der Waals surface area contributed by atoms with E-state index in [1.54, 1.807) is 0 Å². The van der Waals surface area contributed by atoms with E-state index in [9.17, 15) is 4.79 Å². The highest BCUT2D eigenvalue weighted by Gasteiger charge is 2.34. The number of piperidine rings is 1. The fourth-order valence-corrected chi connectivity index (χ4v) is 4.83. The molecule has 0 unspecified atom stereocenters. The molecule has 2 saturated heterocycles. The van der Waals surface area contributed by atoms with Gasteiger partial charge >= 0.3 is 0 Å². The number of carbonyl (C=O) groups is 1. The largest absolute Gasteiger partial charge is 0.355 e. The van der Waals surface area contributed by atoms with E-state index in [0.717, 1.165) is 51.6 Å². The first-order valence-electron chi connectivity index (χ1n) is 9.76. The van der Waals surface area contributed by atoms with E-state index in [4.69, 9.17) is 0 Å². The van der Waals surface area contributed by atoms with Crippen LogP contribution in [0.25, 0.3) is 0 Å². The molecule has 4 heteroatoms. The molecule has 1 aliphatic carbocycles. The van der Waals surface area contributed by atoms with Crippen molar-refractivity contribution in [2.75, 3.05) is 39.8 Å². The molecule has 0 bridgehead atoms. The van der Waals surface area contributed by atoms with E-state index < -0.39 is 0 Å². The Morgan fingerprint density at radius 1 is 1.09 bits per heavy atom. The second-order valence-electron chi connectivity index (χ2n) is 8.62. The molecule has 1 saturated carbocycles. The van der Waals surface area contributed by atoms with Gasteiger partial charge in [-0.2, -0.15) is 0 Å². The zero-order valence-corrected chi connectivity index (χ0v) is 15.1. The SMILES string of the molecule is CN1CC[C@@](C)(CNC(=O)C2CCN(C3CCCCC3)CC2)C1. The van der Waals surface area contributed by atoms with E-state index in [1.807, 2.05) is 0 Å². The van der Waals surface area contributed by atoms with Gasteiger partial charge in [-0.05, 0) is 64.2 Å². The Morgan fingerprint density at radius 2 is 1.78 bits per heavy atom. The van der Waals surface area contributed by atoms with Gasteiger partial charge in [0.05, 0.1) is 0 Å². The van der Waals surface area contributed by atoms with Gasteiger partial charge in [-0.3, -0.25) is 4.79 Å². The molecule has 1 amide bonds.